The molecule has 0 saturated heterocycles. The predicted octanol–water partition coefficient (Wildman–Crippen LogP) is 5.46. The Hall–Kier alpha value is -3.15. The fourth-order valence-corrected chi connectivity index (χ4v) is 3.41. The number of hydrogen-bond acceptors (Lipinski definition) is 5. The fourth-order valence-electron chi connectivity index (χ4n) is 3.29. The number of benzene rings is 2. The molecule has 5 nitrogen and oxygen atoms in total. The summed E-state index contributed by atoms with van der Waals surface area (Å²) >= 11 is 6.03. The molecular weight excluding hydrogens is 388 g/mol. The molecule has 29 heavy (non-hydrogen) atoms. The Bertz CT molecular complexity index is 1120. The van der Waals surface area contributed by atoms with Crippen LogP contribution in [0.3, 0.4) is 0 Å². The van der Waals surface area contributed by atoms with Gasteiger partial charge in [0.1, 0.15) is 17.5 Å². The van der Waals surface area contributed by atoms with E-state index in [2.05, 4.69) is 10.1 Å². The monoisotopic (exact) mass is 406 g/mol. The highest BCUT2D eigenvalue weighted by Gasteiger charge is 2.27. The van der Waals surface area contributed by atoms with Crippen LogP contribution in [0, 0.1) is 6.92 Å². The van der Waals surface area contributed by atoms with E-state index in [-0.39, 0.29) is 0 Å². The molecule has 2 aromatic heterocycles. The number of hydrogen-bond donors (Lipinski definition) is 1. The average molecular weight is 407 g/mol. The highest BCUT2D eigenvalue weighted by atomic mass is 35.5. The van der Waals surface area contributed by atoms with E-state index in [0.717, 1.165) is 22.4 Å². The summed E-state index contributed by atoms with van der Waals surface area (Å²) in [6, 6.07) is 16.5. The summed E-state index contributed by atoms with van der Waals surface area (Å²) in [7, 11) is 1.63. The smallest absolute Gasteiger partial charge is 0.173 e. The number of pyridine rings is 1. The summed E-state index contributed by atoms with van der Waals surface area (Å²) < 4.78 is 11.0. The molecule has 0 aliphatic heterocycles. The van der Waals surface area contributed by atoms with Crippen LogP contribution in [0.25, 0.3) is 22.6 Å². The van der Waals surface area contributed by atoms with Gasteiger partial charge in [-0.05, 0) is 61.0 Å². The highest BCUT2D eigenvalue weighted by Crippen LogP contribution is 2.40. The van der Waals surface area contributed by atoms with Crippen LogP contribution in [0.15, 0.2) is 71.5 Å². The fraction of sp³-hybridized carbons (Fsp3) is 0.130. The Morgan fingerprint density at radius 3 is 2.55 bits per heavy atom. The Kier molecular flexibility index (Phi) is 5.34. The maximum absolute atomic E-state index is 11.2. The van der Waals surface area contributed by atoms with Crippen molar-refractivity contribution in [3.63, 3.8) is 0 Å². The summed E-state index contributed by atoms with van der Waals surface area (Å²) in [4.78, 5) is 4.13. The molecule has 0 radical (unpaired) electrons. The number of halogens is 1. The number of rotatable bonds is 5. The minimum absolute atomic E-state index is 0.489. The van der Waals surface area contributed by atoms with Crippen molar-refractivity contribution in [1.82, 2.24) is 10.1 Å². The summed E-state index contributed by atoms with van der Waals surface area (Å²) in [5.74, 6) is 1.24. The topological polar surface area (TPSA) is 68.4 Å². The Labute approximate surface area is 173 Å². The number of nitrogens with zero attached hydrogens (tertiary/aromatic N) is 2. The quantitative estimate of drug-likeness (QED) is 0.477. The van der Waals surface area contributed by atoms with Crippen LogP contribution < -0.4 is 4.74 Å². The maximum Gasteiger partial charge on any atom is 0.173 e. The van der Waals surface area contributed by atoms with Gasteiger partial charge in [0.05, 0.1) is 12.7 Å². The number of aliphatic hydroxyl groups is 1. The van der Waals surface area contributed by atoms with Crippen molar-refractivity contribution in [2.24, 2.45) is 0 Å². The molecule has 6 heteroatoms. The first kappa shape index (κ1) is 19.2. The Morgan fingerprint density at radius 1 is 1.10 bits per heavy atom. The van der Waals surface area contributed by atoms with Crippen LogP contribution in [0.2, 0.25) is 5.02 Å². The van der Waals surface area contributed by atoms with Gasteiger partial charge in [0, 0.05) is 34.1 Å². The van der Waals surface area contributed by atoms with Crippen LogP contribution in [0.1, 0.15) is 22.8 Å². The van der Waals surface area contributed by atoms with Gasteiger partial charge in [0.15, 0.2) is 5.76 Å². The SMILES string of the molecule is COc1ccc(-c2noc(-c3ccc(Cl)cc3)c2C(O)c2cccnc2)c(C)c1. The van der Waals surface area contributed by atoms with E-state index in [4.69, 9.17) is 20.9 Å². The van der Waals surface area contributed by atoms with Crippen LogP contribution in [0.5, 0.6) is 5.75 Å². The minimum atomic E-state index is -0.961. The molecule has 1 atom stereocenters. The van der Waals surface area contributed by atoms with Crippen molar-refractivity contribution in [3.8, 4) is 28.3 Å². The second kappa shape index (κ2) is 8.07. The second-order valence-electron chi connectivity index (χ2n) is 6.65. The van der Waals surface area contributed by atoms with E-state index >= 15 is 0 Å². The molecule has 0 fully saturated rings. The van der Waals surface area contributed by atoms with Gasteiger partial charge in [-0.3, -0.25) is 4.98 Å². The molecule has 4 rings (SSSR count). The van der Waals surface area contributed by atoms with Gasteiger partial charge in [-0.15, -0.1) is 0 Å². The molecule has 2 heterocycles. The van der Waals surface area contributed by atoms with Gasteiger partial charge in [-0.2, -0.15) is 0 Å². The first-order chi connectivity index (χ1) is 14.1. The lowest BCUT2D eigenvalue weighted by Crippen LogP contribution is -2.03. The van der Waals surface area contributed by atoms with Crippen molar-refractivity contribution >= 4 is 11.6 Å². The average Bonchev–Trinajstić information content (AvgIpc) is 3.19. The predicted molar refractivity (Wildman–Crippen MR) is 112 cm³/mol. The number of aliphatic hydroxyl groups excluding tert-OH is 1. The lowest BCUT2D eigenvalue weighted by Gasteiger charge is -2.14. The number of aromatic nitrogens is 2. The summed E-state index contributed by atoms with van der Waals surface area (Å²) in [6.07, 6.45) is 2.34. The zero-order valence-corrected chi connectivity index (χ0v) is 16.7. The van der Waals surface area contributed by atoms with Crippen LogP contribution in [-0.2, 0) is 0 Å². The van der Waals surface area contributed by atoms with Crippen molar-refractivity contribution < 1.29 is 14.4 Å². The van der Waals surface area contributed by atoms with Crippen molar-refractivity contribution in [2.45, 2.75) is 13.0 Å². The van der Waals surface area contributed by atoms with E-state index < -0.39 is 6.10 Å². The first-order valence-electron chi connectivity index (χ1n) is 9.07. The van der Waals surface area contributed by atoms with Crippen molar-refractivity contribution in [3.05, 3.63) is 88.7 Å². The number of aryl methyl sites for hydroxylation is 1. The molecule has 0 saturated carbocycles. The summed E-state index contributed by atoms with van der Waals surface area (Å²) in [5, 5.41) is 16.2. The first-order valence-corrected chi connectivity index (χ1v) is 9.44. The molecule has 0 aliphatic carbocycles. The van der Waals surface area contributed by atoms with Gasteiger partial charge in [0.2, 0.25) is 0 Å². The molecular formula is C23H19ClN2O3. The lowest BCUT2D eigenvalue weighted by atomic mass is 9.93. The molecule has 4 aromatic rings. The van der Waals surface area contributed by atoms with E-state index in [1.54, 1.807) is 37.7 Å². The Morgan fingerprint density at radius 2 is 1.90 bits per heavy atom. The molecule has 0 aliphatic rings. The van der Waals surface area contributed by atoms with Gasteiger partial charge in [-0.25, -0.2) is 0 Å². The molecule has 0 amide bonds. The molecule has 1 N–H and O–H groups in total. The number of ether oxygens (including phenoxy) is 1. The van der Waals surface area contributed by atoms with Gasteiger partial charge < -0.3 is 14.4 Å². The largest absolute Gasteiger partial charge is 0.497 e. The minimum Gasteiger partial charge on any atom is -0.497 e. The molecule has 146 valence electrons. The second-order valence-corrected chi connectivity index (χ2v) is 7.09. The normalized spacial score (nSPS) is 12.0. The van der Waals surface area contributed by atoms with Crippen LogP contribution in [0.4, 0.5) is 0 Å². The van der Waals surface area contributed by atoms with E-state index in [1.165, 1.54) is 0 Å². The van der Waals surface area contributed by atoms with Crippen LogP contribution in [-0.4, -0.2) is 22.4 Å². The summed E-state index contributed by atoms with van der Waals surface area (Å²) in [5.41, 5.74) is 4.39. The highest BCUT2D eigenvalue weighted by molar-refractivity contribution is 6.30. The third kappa shape index (κ3) is 3.75. The van der Waals surface area contributed by atoms with Gasteiger partial charge in [0.25, 0.3) is 0 Å². The molecule has 2 aromatic carbocycles. The Balaban J connectivity index is 1.91. The maximum atomic E-state index is 11.2. The lowest BCUT2D eigenvalue weighted by molar-refractivity contribution is 0.220. The van der Waals surface area contributed by atoms with E-state index in [0.29, 0.717) is 27.6 Å². The van der Waals surface area contributed by atoms with Crippen LogP contribution >= 0.6 is 11.6 Å². The van der Waals surface area contributed by atoms with E-state index in [9.17, 15) is 5.11 Å². The van der Waals surface area contributed by atoms with Gasteiger partial charge in [-0.1, -0.05) is 22.8 Å². The molecule has 0 bridgehead atoms. The van der Waals surface area contributed by atoms with E-state index in [1.807, 2.05) is 43.3 Å². The third-order valence-electron chi connectivity index (χ3n) is 4.80. The molecule has 0 spiro atoms. The third-order valence-corrected chi connectivity index (χ3v) is 5.05. The van der Waals surface area contributed by atoms with Crippen molar-refractivity contribution in [2.75, 3.05) is 7.11 Å². The zero-order valence-electron chi connectivity index (χ0n) is 16.0. The standard InChI is InChI=1S/C23H19ClN2O3/c1-14-12-18(28-2)9-10-19(14)21-20(22(27)16-4-3-11-25-13-16)23(29-26-21)15-5-7-17(24)8-6-15/h3-13,22,27H,1-2H3. The van der Waals surface area contributed by atoms with Crippen molar-refractivity contribution in [1.29, 1.82) is 0 Å². The summed E-state index contributed by atoms with van der Waals surface area (Å²) in [6.45, 7) is 1.97. The molecule has 1 unspecified atom stereocenters. The number of methoxy groups -OCH3 is 1. The van der Waals surface area contributed by atoms with Gasteiger partial charge >= 0.3 is 0 Å². The zero-order chi connectivity index (χ0) is 20.4.